The highest BCUT2D eigenvalue weighted by Crippen LogP contribution is 2.23. The summed E-state index contributed by atoms with van der Waals surface area (Å²) in [5, 5.41) is 3.39. The molecule has 0 spiro atoms. The molecule has 0 bridgehead atoms. The molecule has 2 atom stereocenters. The third-order valence-corrected chi connectivity index (χ3v) is 5.57. The first-order valence-electron chi connectivity index (χ1n) is 9.20. The molecule has 3 heterocycles. The van der Waals surface area contributed by atoms with Gasteiger partial charge in [0.1, 0.15) is 0 Å². The van der Waals surface area contributed by atoms with Crippen molar-refractivity contribution in [1.29, 1.82) is 0 Å². The summed E-state index contributed by atoms with van der Waals surface area (Å²) in [6, 6.07) is 0.526. The van der Waals surface area contributed by atoms with E-state index in [1.54, 1.807) is 0 Å². The number of piperazine rings is 1. The Bertz CT molecular complexity index is 436. The van der Waals surface area contributed by atoms with Crippen LogP contribution in [0.25, 0.3) is 0 Å². The molecule has 3 saturated heterocycles. The molecule has 3 fully saturated rings. The maximum Gasteiger partial charge on any atom is 0.227 e. The van der Waals surface area contributed by atoms with E-state index < -0.39 is 0 Å². The number of amides is 2. The van der Waals surface area contributed by atoms with Gasteiger partial charge in [-0.1, -0.05) is 6.92 Å². The highest BCUT2D eigenvalue weighted by molar-refractivity contribution is 5.81. The van der Waals surface area contributed by atoms with Crippen LogP contribution in [0.4, 0.5) is 0 Å². The molecule has 1 N–H and O–H groups in total. The van der Waals surface area contributed by atoms with Crippen LogP contribution in [0.3, 0.4) is 0 Å². The van der Waals surface area contributed by atoms with Crippen LogP contribution in [0.5, 0.6) is 0 Å². The standard InChI is InChI=1S/C17H30N4O2/c1-2-16(22)20-8-3-4-14(12-20)17(23)21-9-5-15(13-21)19-10-6-18-7-11-19/h14-15,18H,2-13H2,1H3. The van der Waals surface area contributed by atoms with E-state index in [4.69, 9.17) is 0 Å². The van der Waals surface area contributed by atoms with Gasteiger partial charge >= 0.3 is 0 Å². The second kappa shape index (κ2) is 7.62. The summed E-state index contributed by atoms with van der Waals surface area (Å²) in [5.41, 5.74) is 0. The number of carbonyl (C=O) groups excluding carboxylic acids is 2. The summed E-state index contributed by atoms with van der Waals surface area (Å²) in [4.78, 5) is 31.2. The topological polar surface area (TPSA) is 55.9 Å². The molecule has 2 unspecified atom stereocenters. The molecule has 0 aromatic carbocycles. The van der Waals surface area contributed by atoms with E-state index in [2.05, 4.69) is 15.1 Å². The molecule has 23 heavy (non-hydrogen) atoms. The quantitative estimate of drug-likeness (QED) is 0.803. The maximum absolute atomic E-state index is 12.8. The van der Waals surface area contributed by atoms with E-state index in [-0.39, 0.29) is 17.7 Å². The van der Waals surface area contributed by atoms with Gasteiger partial charge in [0.2, 0.25) is 11.8 Å². The van der Waals surface area contributed by atoms with Crippen molar-refractivity contribution in [1.82, 2.24) is 20.0 Å². The zero-order chi connectivity index (χ0) is 16.2. The number of piperidine rings is 1. The molecular weight excluding hydrogens is 292 g/mol. The fraction of sp³-hybridized carbons (Fsp3) is 0.882. The normalized spacial score (nSPS) is 29.8. The molecule has 0 aliphatic carbocycles. The Morgan fingerprint density at radius 2 is 1.78 bits per heavy atom. The summed E-state index contributed by atoms with van der Waals surface area (Å²) in [5.74, 6) is 0.472. The summed E-state index contributed by atoms with van der Waals surface area (Å²) < 4.78 is 0. The lowest BCUT2D eigenvalue weighted by Gasteiger charge is -2.35. The Morgan fingerprint density at radius 3 is 2.52 bits per heavy atom. The van der Waals surface area contributed by atoms with Crippen molar-refractivity contribution >= 4 is 11.8 Å². The van der Waals surface area contributed by atoms with Crippen LogP contribution < -0.4 is 5.32 Å². The first kappa shape index (κ1) is 16.7. The largest absolute Gasteiger partial charge is 0.342 e. The van der Waals surface area contributed by atoms with Gasteiger partial charge in [-0.15, -0.1) is 0 Å². The van der Waals surface area contributed by atoms with Crippen LogP contribution >= 0.6 is 0 Å². The zero-order valence-corrected chi connectivity index (χ0v) is 14.3. The number of nitrogens with zero attached hydrogens (tertiary/aromatic N) is 3. The van der Waals surface area contributed by atoms with Crippen LogP contribution in [0.1, 0.15) is 32.6 Å². The molecule has 0 radical (unpaired) electrons. The lowest BCUT2D eigenvalue weighted by molar-refractivity contribution is -0.140. The predicted molar refractivity (Wildman–Crippen MR) is 89.0 cm³/mol. The summed E-state index contributed by atoms with van der Waals surface area (Å²) in [7, 11) is 0. The minimum Gasteiger partial charge on any atom is -0.342 e. The SMILES string of the molecule is CCC(=O)N1CCCC(C(=O)N2CCC(N3CCNCC3)C2)C1. The molecule has 6 nitrogen and oxygen atoms in total. The molecule has 3 aliphatic rings. The van der Waals surface area contributed by atoms with Gasteiger partial charge in [0.05, 0.1) is 5.92 Å². The van der Waals surface area contributed by atoms with E-state index >= 15 is 0 Å². The lowest BCUT2D eigenvalue weighted by Crippen LogP contribution is -2.50. The average Bonchev–Trinajstić information content (AvgIpc) is 3.11. The molecule has 3 rings (SSSR count). The third-order valence-electron chi connectivity index (χ3n) is 5.57. The molecule has 6 heteroatoms. The Morgan fingerprint density at radius 1 is 1.00 bits per heavy atom. The third kappa shape index (κ3) is 3.86. The zero-order valence-electron chi connectivity index (χ0n) is 14.3. The second-order valence-corrected chi connectivity index (χ2v) is 7.05. The summed E-state index contributed by atoms with van der Waals surface area (Å²) in [6.45, 7) is 9.39. The van der Waals surface area contributed by atoms with Gasteiger partial charge in [-0.25, -0.2) is 0 Å². The van der Waals surface area contributed by atoms with Gasteiger partial charge in [-0.3, -0.25) is 14.5 Å². The molecule has 0 saturated carbocycles. The average molecular weight is 322 g/mol. The Labute approximate surface area is 139 Å². The molecule has 2 amide bonds. The number of likely N-dealkylation sites (tertiary alicyclic amines) is 2. The van der Waals surface area contributed by atoms with Crippen molar-refractivity contribution in [2.45, 2.75) is 38.6 Å². The fourth-order valence-corrected chi connectivity index (χ4v) is 4.17. The van der Waals surface area contributed by atoms with Gasteiger partial charge < -0.3 is 15.1 Å². The summed E-state index contributed by atoms with van der Waals surface area (Å²) >= 11 is 0. The number of hydrogen-bond donors (Lipinski definition) is 1. The van der Waals surface area contributed by atoms with Crippen LogP contribution in [-0.4, -0.2) is 84.9 Å². The van der Waals surface area contributed by atoms with Crippen molar-refractivity contribution < 1.29 is 9.59 Å². The van der Waals surface area contributed by atoms with Crippen LogP contribution in [-0.2, 0) is 9.59 Å². The Kier molecular flexibility index (Phi) is 5.54. The second-order valence-electron chi connectivity index (χ2n) is 7.05. The number of carbonyl (C=O) groups is 2. The van der Waals surface area contributed by atoms with Gasteiger partial charge in [0, 0.05) is 64.8 Å². The van der Waals surface area contributed by atoms with E-state index in [1.807, 2.05) is 11.8 Å². The lowest BCUT2D eigenvalue weighted by atomic mass is 9.96. The molecule has 0 aromatic heterocycles. The highest BCUT2D eigenvalue weighted by atomic mass is 16.2. The van der Waals surface area contributed by atoms with Gasteiger partial charge in [-0.2, -0.15) is 0 Å². The maximum atomic E-state index is 12.8. The molecule has 0 aromatic rings. The van der Waals surface area contributed by atoms with E-state index in [9.17, 15) is 9.59 Å². The Balaban J connectivity index is 1.53. The number of hydrogen-bond acceptors (Lipinski definition) is 4. The monoisotopic (exact) mass is 322 g/mol. The van der Waals surface area contributed by atoms with Crippen molar-refractivity contribution in [3.8, 4) is 0 Å². The Hall–Kier alpha value is -1.14. The first-order valence-corrected chi connectivity index (χ1v) is 9.20. The van der Waals surface area contributed by atoms with Crippen molar-refractivity contribution in [3.05, 3.63) is 0 Å². The molecule has 3 aliphatic heterocycles. The number of rotatable bonds is 3. The van der Waals surface area contributed by atoms with Crippen molar-refractivity contribution in [2.75, 3.05) is 52.4 Å². The van der Waals surface area contributed by atoms with Crippen LogP contribution in [0.2, 0.25) is 0 Å². The number of nitrogens with one attached hydrogen (secondary N) is 1. The highest BCUT2D eigenvalue weighted by Gasteiger charge is 2.36. The smallest absolute Gasteiger partial charge is 0.227 e. The van der Waals surface area contributed by atoms with E-state index in [0.717, 1.165) is 65.1 Å². The molecule has 130 valence electrons. The van der Waals surface area contributed by atoms with E-state index in [0.29, 0.717) is 19.0 Å². The summed E-state index contributed by atoms with van der Waals surface area (Å²) in [6.07, 6.45) is 3.52. The van der Waals surface area contributed by atoms with Crippen molar-refractivity contribution in [2.24, 2.45) is 5.92 Å². The van der Waals surface area contributed by atoms with Crippen LogP contribution in [0, 0.1) is 5.92 Å². The van der Waals surface area contributed by atoms with Gasteiger partial charge in [0.15, 0.2) is 0 Å². The minimum absolute atomic E-state index is 0.0148. The van der Waals surface area contributed by atoms with Crippen LogP contribution in [0.15, 0.2) is 0 Å². The van der Waals surface area contributed by atoms with Gasteiger partial charge in [-0.05, 0) is 19.3 Å². The van der Waals surface area contributed by atoms with E-state index in [1.165, 1.54) is 0 Å². The minimum atomic E-state index is 0.0148. The predicted octanol–water partition coefficient (Wildman–Crippen LogP) is 0.141. The molecular formula is C17H30N4O2. The van der Waals surface area contributed by atoms with Crippen molar-refractivity contribution in [3.63, 3.8) is 0 Å². The van der Waals surface area contributed by atoms with Gasteiger partial charge in [0.25, 0.3) is 0 Å². The first-order chi connectivity index (χ1) is 11.2. The fourth-order valence-electron chi connectivity index (χ4n) is 4.17.